The molecule has 1 fully saturated rings. The topological polar surface area (TPSA) is 65.1 Å². The van der Waals surface area contributed by atoms with Gasteiger partial charge in [-0.3, -0.25) is 4.90 Å². The van der Waals surface area contributed by atoms with E-state index in [4.69, 9.17) is 10.9 Å². The summed E-state index contributed by atoms with van der Waals surface area (Å²) in [4.78, 5) is 4.71. The molecule has 1 aliphatic rings. The molecule has 94 valence electrons. The van der Waals surface area contributed by atoms with Gasteiger partial charge in [0, 0.05) is 26.2 Å². The number of oxime groups is 1. The molecule has 0 radical (unpaired) electrons. The molecule has 0 unspecified atom stereocenters. The van der Waals surface area contributed by atoms with Gasteiger partial charge >= 0.3 is 0 Å². The SMILES string of the molecule is CC(C)CCN1CCN(CC(N)=NO)CC1. The zero-order valence-electron chi connectivity index (χ0n) is 10.4. The van der Waals surface area contributed by atoms with Gasteiger partial charge in [0.1, 0.15) is 0 Å². The lowest BCUT2D eigenvalue weighted by Gasteiger charge is -2.34. The lowest BCUT2D eigenvalue weighted by Crippen LogP contribution is -2.49. The maximum atomic E-state index is 8.49. The van der Waals surface area contributed by atoms with Crippen molar-refractivity contribution in [1.29, 1.82) is 0 Å². The Hall–Kier alpha value is -0.810. The average Bonchev–Trinajstić information content (AvgIpc) is 2.28. The molecule has 0 bridgehead atoms. The molecule has 5 nitrogen and oxygen atoms in total. The van der Waals surface area contributed by atoms with Crippen molar-refractivity contribution >= 4 is 5.84 Å². The van der Waals surface area contributed by atoms with E-state index in [0.29, 0.717) is 12.4 Å². The van der Waals surface area contributed by atoms with Gasteiger partial charge in [0.05, 0.1) is 6.54 Å². The number of hydrogen-bond donors (Lipinski definition) is 2. The highest BCUT2D eigenvalue weighted by Crippen LogP contribution is 2.06. The van der Waals surface area contributed by atoms with Crippen LogP contribution in [0.15, 0.2) is 5.16 Å². The van der Waals surface area contributed by atoms with Crippen LogP contribution in [0.1, 0.15) is 20.3 Å². The molecular weight excluding hydrogens is 204 g/mol. The first kappa shape index (κ1) is 13.3. The van der Waals surface area contributed by atoms with Crippen LogP contribution in [0.5, 0.6) is 0 Å². The van der Waals surface area contributed by atoms with Crippen molar-refractivity contribution in [2.24, 2.45) is 16.8 Å². The van der Waals surface area contributed by atoms with Gasteiger partial charge in [0.2, 0.25) is 0 Å². The molecule has 0 spiro atoms. The van der Waals surface area contributed by atoms with E-state index in [0.717, 1.165) is 32.1 Å². The van der Waals surface area contributed by atoms with Gasteiger partial charge in [0.25, 0.3) is 0 Å². The quantitative estimate of drug-likeness (QED) is 0.309. The van der Waals surface area contributed by atoms with Crippen LogP contribution < -0.4 is 5.73 Å². The van der Waals surface area contributed by atoms with E-state index in [1.54, 1.807) is 0 Å². The summed E-state index contributed by atoms with van der Waals surface area (Å²) in [6, 6.07) is 0. The van der Waals surface area contributed by atoms with E-state index < -0.39 is 0 Å². The van der Waals surface area contributed by atoms with Crippen molar-refractivity contribution in [2.75, 3.05) is 39.3 Å². The Morgan fingerprint density at radius 3 is 2.31 bits per heavy atom. The zero-order chi connectivity index (χ0) is 12.0. The summed E-state index contributed by atoms with van der Waals surface area (Å²) in [6.07, 6.45) is 1.26. The van der Waals surface area contributed by atoms with E-state index in [-0.39, 0.29) is 0 Å². The number of rotatable bonds is 5. The van der Waals surface area contributed by atoms with Crippen LogP contribution >= 0.6 is 0 Å². The number of nitrogens with zero attached hydrogens (tertiary/aromatic N) is 3. The molecular formula is C11H24N4O. The number of hydrogen-bond acceptors (Lipinski definition) is 4. The maximum absolute atomic E-state index is 8.49. The monoisotopic (exact) mass is 228 g/mol. The van der Waals surface area contributed by atoms with Crippen molar-refractivity contribution < 1.29 is 5.21 Å². The Kier molecular flexibility index (Phi) is 5.55. The van der Waals surface area contributed by atoms with E-state index in [2.05, 4.69) is 28.8 Å². The van der Waals surface area contributed by atoms with E-state index in [1.165, 1.54) is 13.0 Å². The third-order valence-corrected chi connectivity index (χ3v) is 3.00. The molecule has 1 rings (SSSR count). The summed E-state index contributed by atoms with van der Waals surface area (Å²) in [5, 5.41) is 11.5. The Morgan fingerprint density at radius 2 is 1.81 bits per heavy atom. The molecule has 1 heterocycles. The molecule has 0 aromatic heterocycles. The maximum Gasteiger partial charge on any atom is 0.153 e. The summed E-state index contributed by atoms with van der Waals surface area (Å²) in [6.45, 7) is 10.5. The lowest BCUT2D eigenvalue weighted by molar-refractivity contribution is 0.139. The Labute approximate surface area is 97.9 Å². The largest absolute Gasteiger partial charge is 0.409 e. The van der Waals surface area contributed by atoms with Crippen LogP contribution in [0, 0.1) is 5.92 Å². The minimum absolute atomic E-state index is 0.302. The summed E-state index contributed by atoms with van der Waals surface area (Å²) >= 11 is 0. The van der Waals surface area contributed by atoms with Crippen LogP contribution in [0.2, 0.25) is 0 Å². The number of piperazine rings is 1. The van der Waals surface area contributed by atoms with Gasteiger partial charge in [-0.1, -0.05) is 19.0 Å². The molecule has 0 aliphatic carbocycles. The third-order valence-electron chi connectivity index (χ3n) is 3.00. The Balaban J connectivity index is 2.18. The van der Waals surface area contributed by atoms with Crippen molar-refractivity contribution in [2.45, 2.75) is 20.3 Å². The minimum Gasteiger partial charge on any atom is -0.409 e. The van der Waals surface area contributed by atoms with Crippen LogP contribution in [0.4, 0.5) is 0 Å². The first-order valence-electron chi connectivity index (χ1n) is 6.03. The second-order valence-corrected chi connectivity index (χ2v) is 4.89. The van der Waals surface area contributed by atoms with Crippen LogP contribution in [-0.2, 0) is 0 Å². The predicted molar refractivity (Wildman–Crippen MR) is 65.7 cm³/mol. The number of nitrogens with two attached hydrogens (primary N) is 1. The zero-order valence-corrected chi connectivity index (χ0v) is 10.4. The lowest BCUT2D eigenvalue weighted by atomic mass is 10.1. The second kappa shape index (κ2) is 6.70. The molecule has 0 atom stereocenters. The molecule has 1 saturated heterocycles. The number of amidine groups is 1. The first-order valence-corrected chi connectivity index (χ1v) is 6.03. The van der Waals surface area contributed by atoms with Gasteiger partial charge in [-0.25, -0.2) is 0 Å². The van der Waals surface area contributed by atoms with E-state index in [9.17, 15) is 0 Å². The highest BCUT2D eigenvalue weighted by Gasteiger charge is 2.17. The van der Waals surface area contributed by atoms with Gasteiger partial charge in [-0.05, 0) is 18.9 Å². The molecule has 0 saturated carbocycles. The van der Waals surface area contributed by atoms with Gasteiger partial charge in [0.15, 0.2) is 5.84 Å². The molecule has 0 amide bonds. The first-order chi connectivity index (χ1) is 7.61. The molecule has 3 N–H and O–H groups in total. The fraction of sp³-hybridized carbons (Fsp3) is 0.909. The summed E-state index contributed by atoms with van der Waals surface area (Å²) in [7, 11) is 0. The van der Waals surface area contributed by atoms with Crippen molar-refractivity contribution in [3.05, 3.63) is 0 Å². The minimum atomic E-state index is 0.302. The van der Waals surface area contributed by atoms with Gasteiger partial charge < -0.3 is 15.8 Å². The third kappa shape index (κ3) is 4.81. The fourth-order valence-electron chi connectivity index (χ4n) is 1.87. The summed E-state index contributed by atoms with van der Waals surface area (Å²) < 4.78 is 0. The smallest absolute Gasteiger partial charge is 0.153 e. The highest BCUT2D eigenvalue weighted by atomic mass is 16.4. The van der Waals surface area contributed by atoms with Crippen LogP contribution in [0.3, 0.4) is 0 Å². The summed E-state index contributed by atoms with van der Waals surface area (Å²) in [5.41, 5.74) is 5.48. The molecule has 0 aromatic carbocycles. The van der Waals surface area contributed by atoms with Crippen LogP contribution in [0.25, 0.3) is 0 Å². The Morgan fingerprint density at radius 1 is 1.25 bits per heavy atom. The van der Waals surface area contributed by atoms with Gasteiger partial charge in [-0.15, -0.1) is 0 Å². The highest BCUT2D eigenvalue weighted by molar-refractivity contribution is 5.81. The van der Waals surface area contributed by atoms with Crippen molar-refractivity contribution in [3.63, 3.8) is 0 Å². The predicted octanol–water partition coefficient (Wildman–Crippen LogP) is 0.397. The van der Waals surface area contributed by atoms with Crippen LogP contribution in [-0.4, -0.2) is 60.1 Å². The molecule has 5 heteroatoms. The van der Waals surface area contributed by atoms with E-state index >= 15 is 0 Å². The molecule has 16 heavy (non-hydrogen) atoms. The molecule has 0 aromatic rings. The summed E-state index contributed by atoms with van der Waals surface area (Å²) in [5.74, 6) is 1.07. The standard InChI is InChI=1S/C11H24N4O/c1-10(2)3-4-14-5-7-15(8-6-14)9-11(12)13-16/h10,16H,3-9H2,1-2H3,(H2,12,13). The second-order valence-electron chi connectivity index (χ2n) is 4.89. The van der Waals surface area contributed by atoms with Gasteiger partial charge in [-0.2, -0.15) is 0 Å². The normalized spacial score (nSPS) is 20.6. The fourth-order valence-corrected chi connectivity index (χ4v) is 1.87. The van der Waals surface area contributed by atoms with E-state index in [1.807, 2.05) is 0 Å². The van der Waals surface area contributed by atoms with Crippen molar-refractivity contribution in [3.8, 4) is 0 Å². The Bertz CT molecular complexity index is 222. The average molecular weight is 228 g/mol. The van der Waals surface area contributed by atoms with Crippen molar-refractivity contribution in [1.82, 2.24) is 9.80 Å². The molecule has 1 aliphatic heterocycles.